The van der Waals surface area contributed by atoms with Crippen LogP contribution in [0.2, 0.25) is 0 Å². The number of nitrogens with zero attached hydrogens (tertiary/aromatic N) is 4. The molecule has 3 aromatic rings. The van der Waals surface area contributed by atoms with Crippen LogP contribution in [0.5, 0.6) is 0 Å². The summed E-state index contributed by atoms with van der Waals surface area (Å²) < 4.78 is 2.09. The molecule has 0 radical (unpaired) electrons. The second kappa shape index (κ2) is 10.2. The number of fused-ring (bicyclic) bond motifs is 1. The molecule has 0 spiro atoms. The molecule has 0 saturated carbocycles. The summed E-state index contributed by atoms with van der Waals surface area (Å²) in [5.74, 6) is 1.55. The maximum atomic E-state index is 12.8. The fourth-order valence-electron chi connectivity index (χ4n) is 4.42. The summed E-state index contributed by atoms with van der Waals surface area (Å²) in [7, 11) is 0. The highest BCUT2D eigenvalue weighted by Gasteiger charge is 2.32. The Morgan fingerprint density at radius 2 is 2.18 bits per heavy atom. The molecule has 1 unspecified atom stereocenters. The van der Waals surface area contributed by atoms with E-state index in [0.717, 1.165) is 54.3 Å². The quantitative estimate of drug-likeness (QED) is 0.363. The Bertz CT molecular complexity index is 1220. The predicted molar refractivity (Wildman–Crippen MR) is 142 cm³/mol. The van der Waals surface area contributed by atoms with Crippen molar-refractivity contribution >= 4 is 45.3 Å². The number of nitriles is 1. The van der Waals surface area contributed by atoms with Gasteiger partial charge in [-0.05, 0) is 55.6 Å². The van der Waals surface area contributed by atoms with Gasteiger partial charge in [-0.1, -0.05) is 39.5 Å². The molecular weight excluding hydrogens is 483 g/mol. The minimum atomic E-state index is -0.119. The highest BCUT2D eigenvalue weighted by Crippen LogP contribution is 2.44. The second-order valence-electron chi connectivity index (χ2n) is 9.87. The summed E-state index contributed by atoms with van der Waals surface area (Å²) >= 11 is 4.66. The molecule has 6 nitrogen and oxygen atoms in total. The Balaban J connectivity index is 1.46. The average Bonchev–Trinajstić information content (AvgIpc) is 3.47. The van der Waals surface area contributed by atoms with Crippen molar-refractivity contribution in [3.63, 3.8) is 0 Å². The van der Waals surface area contributed by atoms with Crippen LogP contribution in [0.3, 0.4) is 0 Å². The number of nitrogens with one attached hydrogen (secondary N) is 1. The molecule has 0 aliphatic heterocycles. The number of carbonyl (C=O) groups is 1. The highest BCUT2D eigenvalue weighted by atomic mass is 32.2. The van der Waals surface area contributed by atoms with Gasteiger partial charge < -0.3 is 9.88 Å². The van der Waals surface area contributed by atoms with Crippen molar-refractivity contribution in [2.24, 2.45) is 11.3 Å². The molecule has 4 rings (SSSR count). The molecule has 9 heteroatoms. The molecule has 0 aromatic carbocycles. The summed E-state index contributed by atoms with van der Waals surface area (Å²) in [6.45, 7) is 11.8. The van der Waals surface area contributed by atoms with Crippen LogP contribution in [0.25, 0.3) is 11.4 Å². The lowest BCUT2D eigenvalue weighted by Gasteiger charge is -2.33. The number of aryl methyl sites for hydroxylation is 1. The van der Waals surface area contributed by atoms with Gasteiger partial charge in [0.1, 0.15) is 11.1 Å². The van der Waals surface area contributed by atoms with Crippen molar-refractivity contribution in [1.29, 1.82) is 5.26 Å². The summed E-state index contributed by atoms with van der Waals surface area (Å²) in [4.78, 5) is 15.3. The van der Waals surface area contributed by atoms with Crippen molar-refractivity contribution in [3.8, 4) is 17.5 Å². The molecule has 1 atom stereocenters. The van der Waals surface area contributed by atoms with Crippen LogP contribution in [0.1, 0.15) is 61.4 Å². The first-order valence-corrected chi connectivity index (χ1v) is 14.3. The third kappa shape index (κ3) is 5.24. The van der Waals surface area contributed by atoms with Crippen LogP contribution in [-0.4, -0.2) is 26.4 Å². The summed E-state index contributed by atoms with van der Waals surface area (Å²) in [5, 5.41) is 25.1. The standard InChI is InChI=1S/C25H31N5OS3/c1-6-9-30-22(16-10-15(2)32-13-16)28-29-24(30)33-14-21(31)27-23-19(12-26)18-8-7-17(25(3,4)5)11-20(18)34-23/h10,13,17H,6-9,11,14H2,1-5H3,(H,27,31). The van der Waals surface area contributed by atoms with Gasteiger partial charge in [-0.3, -0.25) is 4.79 Å². The molecule has 3 heterocycles. The highest BCUT2D eigenvalue weighted by molar-refractivity contribution is 7.99. The van der Waals surface area contributed by atoms with Gasteiger partial charge in [0.15, 0.2) is 11.0 Å². The number of thioether (sulfide) groups is 1. The largest absolute Gasteiger partial charge is 0.316 e. The Morgan fingerprint density at radius 1 is 1.38 bits per heavy atom. The molecule has 0 fully saturated rings. The van der Waals surface area contributed by atoms with E-state index in [1.54, 1.807) is 22.7 Å². The number of anilines is 1. The zero-order valence-corrected chi connectivity index (χ0v) is 22.8. The van der Waals surface area contributed by atoms with Gasteiger partial charge in [0.2, 0.25) is 5.91 Å². The Kier molecular flexibility index (Phi) is 7.51. The normalized spacial score (nSPS) is 15.7. The number of hydrogen-bond acceptors (Lipinski definition) is 7. The average molecular weight is 514 g/mol. The minimum absolute atomic E-state index is 0.119. The lowest BCUT2D eigenvalue weighted by molar-refractivity contribution is -0.113. The van der Waals surface area contributed by atoms with E-state index in [9.17, 15) is 10.1 Å². The number of aromatic nitrogens is 3. The third-order valence-electron chi connectivity index (χ3n) is 6.34. The van der Waals surface area contributed by atoms with E-state index in [2.05, 4.69) is 72.2 Å². The number of carbonyl (C=O) groups excluding carboxylic acids is 1. The number of amides is 1. The molecular formula is C25H31N5OS3. The minimum Gasteiger partial charge on any atom is -0.316 e. The van der Waals surface area contributed by atoms with E-state index in [1.807, 2.05) is 0 Å². The van der Waals surface area contributed by atoms with Gasteiger partial charge in [-0.25, -0.2) is 0 Å². The predicted octanol–water partition coefficient (Wildman–Crippen LogP) is 6.54. The zero-order chi connectivity index (χ0) is 24.5. The topological polar surface area (TPSA) is 83.6 Å². The van der Waals surface area contributed by atoms with Gasteiger partial charge in [-0.2, -0.15) is 5.26 Å². The van der Waals surface area contributed by atoms with Crippen molar-refractivity contribution in [2.75, 3.05) is 11.1 Å². The molecule has 34 heavy (non-hydrogen) atoms. The smallest absolute Gasteiger partial charge is 0.235 e. The van der Waals surface area contributed by atoms with E-state index in [4.69, 9.17) is 0 Å². The Morgan fingerprint density at radius 3 is 2.82 bits per heavy atom. The molecule has 1 aliphatic carbocycles. The maximum Gasteiger partial charge on any atom is 0.235 e. The van der Waals surface area contributed by atoms with Crippen LogP contribution in [0, 0.1) is 29.6 Å². The van der Waals surface area contributed by atoms with Crippen molar-refractivity contribution in [3.05, 3.63) is 32.3 Å². The molecule has 3 aromatic heterocycles. The lowest BCUT2D eigenvalue weighted by Crippen LogP contribution is -2.26. The molecule has 1 aliphatic rings. The van der Waals surface area contributed by atoms with Crippen molar-refractivity contribution in [1.82, 2.24) is 14.8 Å². The van der Waals surface area contributed by atoms with Crippen LogP contribution in [0.15, 0.2) is 16.6 Å². The van der Waals surface area contributed by atoms with Gasteiger partial charge >= 0.3 is 0 Å². The van der Waals surface area contributed by atoms with Crippen molar-refractivity contribution < 1.29 is 4.79 Å². The molecule has 180 valence electrons. The zero-order valence-electron chi connectivity index (χ0n) is 20.4. The lowest BCUT2D eigenvalue weighted by atomic mass is 9.72. The van der Waals surface area contributed by atoms with Gasteiger partial charge in [-0.15, -0.1) is 32.9 Å². The summed E-state index contributed by atoms with van der Waals surface area (Å²) in [5.41, 5.74) is 3.09. The van der Waals surface area contributed by atoms with Crippen LogP contribution in [0.4, 0.5) is 5.00 Å². The molecule has 1 amide bonds. The molecule has 1 N–H and O–H groups in total. The first kappa shape index (κ1) is 25.0. The molecule has 0 bridgehead atoms. The van der Waals surface area contributed by atoms with E-state index >= 15 is 0 Å². The third-order valence-corrected chi connectivity index (χ3v) is 9.34. The summed E-state index contributed by atoms with van der Waals surface area (Å²) in [6.07, 6.45) is 3.93. The number of thiophene rings is 2. The SMILES string of the molecule is CCCn1c(SCC(=O)Nc2sc3c(c2C#N)CCC(C(C)(C)C)C3)nnc1-c1csc(C)c1. The van der Waals surface area contributed by atoms with E-state index in [1.165, 1.54) is 21.5 Å². The van der Waals surface area contributed by atoms with Gasteiger partial charge in [0.25, 0.3) is 0 Å². The van der Waals surface area contributed by atoms with E-state index in [0.29, 0.717) is 16.5 Å². The first-order valence-electron chi connectivity index (χ1n) is 11.7. The first-order chi connectivity index (χ1) is 16.2. The van der Waals surface area contributed by atoms with Gasteiger partial charge in [0.05, 0.1) is 11.3 Å². The van der Waals surface area contributed by atoms with Crippen molar-refractivity contribution in [2.45, 2.75) is 72.0 Å². The molecule has 0 saturated heterocycles. The van der Waals surface area contributed by atoms with Crippen LogP contribution >= 0.6 is 34.4 Å². The second-order valence-corrected chi connectivity index (χ2v) is 13.0. The van der Waals surface area contributed by atoms with Crippen LogP contribution in [-0.2, 0) is 24.2 Å². The maximum absolute atomic E-state index is 12.8. The Hall–Kier alpha value is -2.15. The summed E-state index contributed by atoms with van der Waals surface area (Å²) in [6, 6.07) is 4.47. The Labute approximate surface area is 213 Å². The monoisotopic (exact) mass is 513 g/mol. The van der Waals surface area contributed by atoms with Crippen LogP contribution < -0.4 is 5.32 Å². The van der Waals surface area contributed by atoms with Gasteiger partial charge in [0, 0.05) is 27.2 Å². The fraction of sp³-hybridized carbons (Fsp3) is 0.520. The van der Waals surface area contributed by atoms with E-state index in [-0.39, 0.29) is 17.1 Å². The number of rotatable bonds is 7. The fourth-order valence-corrected chi connectivity index (χ4v) is 7.16. The number of hydrogen-bond donors (Lipinski definition) is 1. The van der Waals surface area contributed by atoms with E-state index < -0.39 is 0 Å².